The number of aliphatic hydroxyl groups is 1. The third kappa shape index (κ3) is 2.67. The molecule has 0 bridgehead atoms. The molecule has 110 valence electrons. The Bertz CT molecular complexity index is 666. The van der Waals surface area contributed by atoms with Crippen molar-refractivity contribution in [3.8, 4) is 5.75 Å². The number of hydrogen-bond acceptors (Lipinski definition) is 3. The second kappa shape index (κ2) is 5.51. The van der Waals surface area contributed by atoms with Gasteiger partial charge in [0.1, 0.15) is 5.75 Å². The summed E-state index contributed by atoms with van der Waals surface area (Å²) in [5, 5.41) is 23.7. The summed E-state index contributed by atoms with van der Waals surface area (Å²) in [6.07, 6.45) is 0.281. The quantitative estimate of drug-likeness (QED) is 0.812. The average Bonchev–Trinajstić information content (AvgIpc) is 2.77. The second-order valence-corrected chi connectivity index (χ2v) is 5.89. The SMILES string of the molecule is Cc1cc(O)c(CN[C@H]2c3ccccc3C[C@H]2O)cc1C. The van der Waals surface area contributed by atoms with E-state index in [4.69, 9.17) is 0 Å². The molecule has 3 nitrogen and oxygen atoms in total. The van der Waals surface area contributed by atoms with E-state index in [-0.39, 0.29) is 6.04 Å². The molecule has 3 N–H and O–H groups in total. The van der Waals surface area contributed by atoms with Crippen LogP contribution in [-0.2, 0) is 13.0 Å². The fourth-order valence-corrected chi connectivity index (χ4v) is 3.04. The number of aromatic hydroxyl groups is 1. The van der Waals surface area contributed by atoms with Gasteiger partial charge in [-0.2, -0.15) is 0 Å². The van der Waals surface area contributed by atoms with Crippen LogP contribution in [0, 0.1) is 13.8 Å². The molecule has 0 amide bonds. The van der Waals surface area contributed by atoms with Crippen molar-refractivity contribution in [3.63, 3.8) is 0 Å². The number of phenols is 1. The normalized spacial score (nSPS) is 20.5. The summed E-state index contributed by atoms with van der Waals surface area (Å²) in [7, 11) is 0. The molecule has 3 heteroatoms. The van der Waals surface area contributed by atoms with Gasteiger partial charge < -0.3 is 15.5 Å². The van der Waals surface area contributed by atoms with Crippen molar-refractivity contribution in [3.05, 3.63) is 64.2 Å². The van der Waals surface area contributed by atoms with Gasteiger partial charge in [-0.3, -0.25) is 0 Å². The maximum atomic E-state index is 10.2. The number of aliphatic hydroxyl groups excluding tert-OH is 1. The Kier molecular flexibility index (Phi) is 3.70. The fraction of sp³-hybridized carbons (Fsp3) is 0.333. The van der Waals surface area contributed by atoms with E-state index in [0.29, 0.717) is 18.7 Å². The zero-order valence-corrected chi connectivity index (χ0v) is 12.4. The van der Waals surface area contributed by atoms with E-state index in [0.717, 1.165) is 22.3 Å². The predicted molar refractivity (Wildman–Crippen MR) is 83.3 cm³/mol. The lowest BCUT2D eigenvalue weighted by Gasteiger charge is -2.19. The molecule has 0 saturated carbocycles. The van der Waals surface area contributed by atoms with Crippen molar-refractivity contribution in [2.45, 2.75) is 39.0 Å². The van der Waals surface area contributed by atoms with E-state index >= 15 is 0 Å². The summed E-state index contributed by atoms with van der Waals surface area (Å²) >= 11 is 0. The van der Waals surface area contributed by atoms with Crippen LogP contribution in [0.3, 0.4) is 0 Å². The fourth-order valence-electron chi connectivity index (χ4n) is 3.04. The van der Waals surface area contributed by atoms with Gasteiger partial charge in [0.2, 0.25) is 0 Å². The number of nitrogens with one attached hydrogen (secondary N) is 1. The van der Waals surface area contributed by atoms with Crippen LogP contribution in [0.4, 0.5) is 0 Å². The first-order valence-corrected chi connectivity index (χ1v) is 7.34. The third-order valence-corrected chi connectivity index (χ3v) is 4.41. The first-order chi connectivity index (χ1) is 10.1. The zero-order valence-electron chi connectivity index (χ0n) is 12.4. The Morgan fingerprint density at radius 1 is 1.14 bits per heavy atom. The number of rotatable bonds is 3. The van der Waals surface area contributed by atoms with Crippen molar-refractivity contribution in [2.24, 2.45) is 0 Å². The van der Waals surface area contributed by atoms with Gasteiger partial charge in [0.25, 0.3) is 0 Å². The smallest absolute Gasteiger partial charge is 0.120 e. The van der Waals surface area contributed by atoms with Gasteiger partial charge in [0, 0.05) is 18.5 Å². The van der Waals surface area contributed by atoms with Crippen LogP contribution in [0.1, 0.15) is 33.9 Å². The average molecular weight is 283 g/mol. The number of aryl methyl sites for hydroxylation is 2. The molecule has 21 heavy (non-hydrogen) atoms. The summed E-state index contributed by atoms with van der Waals surface area (Å²) in [6.45, 7) is 4.57. The van der Waals surface area contributed by atoms with Crippen LogP contribution in [0.25, 0.3) is 0 Å². The van der Waals surface area contributed by atoms with Crippen molar-refractivity contribution in [1.82, 2.24) is 5.32 Å². The number of fused-ring (bicyclic) bond motifs is 1. The van der Waals surface area contributed by atoms with Gasteiger partial charge in [-0.1, -0.05) is 30.3 Å². The van der Waals surface area contributed by atoms with Crippen LogP contribution in [0.5, 0.6) is 5.75 Å². The molecule has 0 fully saturated rings. The van der Waals surface area contributed by atoms with E-state index in [2.05, 4.69) is 17.4 Å². The molecule has 2 atom stereocenters. The molecule has 0 spiro atoms. The molecule has 0 heterocycles. The standard InChI is InChI=1S/C18H21NO2/c1-11-7-14(16(20)8-12(11)2)10-19-18-15-6-4-3-5-13(15)9-17(18)21/h3-8,17-21H,9-10H2,1-2H3/t17-,18+/m1/s1. The maximum absolute atomic E-state index is 10.2. The van der Waals surface area contributed by atoms with Gasteiger partial charge in [0.05, 0.1) is 12.1 Å². The van der Waals surface area contributed by atoms with E-state index in [9.17, 15) is 10.2 Å². The molecule has 2 aromatic rings. The minimum Gasteiger partial charge on any atom is -0.508 e. The Morgan fingerprint density at radius 2 is 1.86 bits per heavy atom. The van der Waals surface area contributed by atoms with Gasteiger partial charge >= 0.3 is 0 Å². The minimum atomic E-state index is -0.406. The molecule has 0 radical (unpaired) electrons. The summed E-state index contributed by atoms with van der Waals surface area (Å²) in [5.41, 5.74) is 5.48. The Balaban J connectivity index is 1.78. The van der Waals surface area contributed by atoms with Crippen LogP contribution in [0.15, 0.2) is 36.4 Å². The molecule has 0 aliphatic heterocycles. The monoisotopic (exact) mass is 283 g/mol. The Labute approximate surface area is 125 Å². The van der Waals surface area contributed by atoms with Gasteiger partial charge in [-0.25, -0.2) is 0 Å². The molecule has 0 aromatic heterocycles. The Morgan fingerprint density at radius 3 is 2.67 bits per heavy atom. The summed E-state index contributed by atoms with van der Waals surface area (Å²) < 4.78 is 0. The predicted octanol–water partition coefficient (Wildman–Crippen LogP) is 2.76. The van der Waals surface area contributed by atoms with Crippen molar-refractivity contribution in [2.75, 3.05) is 0 Å². The van der Waals surface area contributed by atoms with Crippen LogP contribution >= 0.6 is 0 Å². The maximum Gasteiger partial charge on any atom is 0.120 e. The second-order valence-electron chi connectivity index (χ2n) is 5.89. The van der Waals surface area contributed by atoms with Gasteiger partial charge in [-0.15, -0.1) is 0 Å². The largest absolute Gasteiger partial charge is 0.508 e. The lowest BCUT2D eigenvalue weighted by Crippen LogP contribution is -2.28. The molecule has 0 unspecified atom stereocenters. The zero-order chi connectivity index (χ0) is 15.0. The Hall–Kier alpha value is -1.84. The van der Waals surface area contributed by atoms with E-state index in [1.807, 2.05) is 32.0 Å². The minimum absolute atomic E-state index is 0.0674. The molecule has 2 aromatic carbocycles. The lowest BCUT2D eigenvalue weighted by atomic mass is 10.0. The number of hydrogen-bond donors (Lipinski definition) is 3. The van der Waals surface area contributed by atoms with Gasteiger partial charge in [0.15, 0.2) is 0 Å². The van der Waals surface area contributed by atoms with Crippen molar-refractivity contribution >= 4 is 0 Å². The van der Waals surface area contributed by atoms with Gasteiger partial charge in [-0.05, 0) is 42.2 Å². The molecular weight excluding hydrogens is 262 g/mol. The molecule has 3 rings (SSSR count). The highest BCUT2D eigenvalue weighted by Crippen LogP contribution is 2.32. The summed E-state index contributed by atoms with van der Waals surface area (Å²) in [5.74, 6) is 0.311. The highest BCUT2D eigenvalue weighted by atomic mass is 16.3. The van der Waals surface area contributed by atoms with Crippen molar-refractivity contribution < 1.29 is 10.2 Å². The molecule has 0 saturated heterocycles. The molecule has 1 aliphatic carbocycles. The topological polar surface area (TPSA) is 52.5 Å². The van der Waals surface area contributed by atoms with E-state index in [1.165, 1.54) is 5.56 Å². The van der Waals surface area contributed by atoms with Crippen LogP contribution in [-0.4, -0.2) is 16.3 Å². The van der Waals surface area contributed by atoms with E-state index < -0.39 is 6.10 Å². The molecule has 1 aliphatic rings. The van der Waals surface area contributed by atoms with Crippen LogP contribution < -0.4 is 5.32 Å². The van der Waals surface area contributed by atoms with Crippen LogP contribution in [0.2, 0.25) is 0 Å². The summed E-state index contributed by atoms with van der Waals surface area (Å²) in [4.78, 5) is 0. The third-order valence-electron chi connectivity index (χ3n) is 4.41. The number of benzene rings is 2. The van der Waals surface area contributed by atoms with E-state index in [1.54, 1.807) is 6.07 Å². The highest BCUT2D eigenvalue weighted by Gasteiger charge is 2.30. The first-order valence-electron chi connectivity index (χ1n) is 7.34. The van der Waals surface area contributed by atoms with Crippen molar-refractivity contribution in [1.29, 1.82) is 0 Å². The molecular formula is C18H21NO2. The first kappa shape index (κ1) is 14.1. The lowest BCUT2D eigenvalue weighted by molar-refractivity contribution is 0.140. The number of phenolic OH excluding ortho intramolecular Hbond substituents is 1. The highest BCUT2D eigenvalue weighted by molar-refractivity contribution is 5.41. The summed E-state index contributed by atoms with van der Waals surface area (Å²) in [6, 6.07) is 11.9.